The molecule has 0 amide bonds. The molecule has 0 radical (unpaired) electrons. The fraction of sp³-hybridized carbons (Fsp3) is 0.900. The number of Topliss-reactive ketones (excluding diaryl/α,β-unsaturated/α-hetero) is 1. The Balaban J connectivity index is 2.28. The molecule has 0 aliphatic heterocycles. The molecule has 0 unspecified atom stereocenters. The second-order valence-corrected chi connectivity index (χ2v) is 4.66. The van der Waals surface area contributed by atoms with Crippen molar-refractivity contribution in [2.24, 2.45) is 5.41 Å². The Morgan fingerprint density at radius 1 is 1.33 bits per heavy atom. The highest BCUT2D eigenvalue weighted by Gasteiger charge is 2.53. The number of hydrogen-bond donors (Lipinski definition) is 1. The molecule has 0 aromatic rings. The van der Waals surface area contributed by atoms with E-state index in [0.717, 1.165) is 25.7 Å². The first kappa shape index (κ1) is 8.24. The molecule has 12 heavy (non-hydrogen) atoms. The van der Waals surface area contributed by atoms with E-state index in [1.165, 1.54) is 0 Å². The summed E-state index contributed by atoms with van der Waals surface area (Å²) in [7, 11) is 0. The van der Waals surface area contributed by atoms with Gasteiger partial charge in [-0.25, -0.2) is 0 Å². The summed E-state index contributed by atoms with van der Waals surface area (Å²) in [6.07, 6.45) is 4.98. The summed E-state index contributed by atoms with van der Waals surface area (Å²) in [6.45, 7) is 2.13. The average Bonchev–Trinajstić information content (AvgIpc) is 2.26. The van der Waals surface area contributed by atoms with Gasteiger partial charge in [-0.2, -0.15) is 0 Å². The lowest BCUT2D eigenvalue weighted by Gasteiger charge is -2.42. The number of aliphatic hydroxyl groups is 1. The molecule has 2 nitrogen and oxygen atoms in total. The highest BCUT2D eigenvalue weighted by atomic mass is 16.3. The Bertz CT molecular complexity index is 224. The van der Waals surface area contributed by atoms with Gasteiger partial charge in [0.05, 0.1) is 5.60 Å². The summed E-state index contributed by atoms with van der Waals surface area (Å²) < 4.78 is 0. The van der Waals surface area contributed by atoms with Crippen LogP contribution in [0.2, 0.25) is 0 Å². The first-order valence-electron chi connectivity index (χ1n) is 4.80. The van der Waals surface area contributed by atoms with Crippen molar-refractivity contribution < 1.29 is 9.90 Å². The van der Waals surface area contributed by atoms with Crippen LogP contribution in [-0.2, 0) is 4.79 Å². The van der Waals surface area contributed by atoms with Gasteiger partial charge in [0.2, 0.25) is 0 Å². The summed E-state index contributed by atoms with van der Waals surface area (Å²) in [6, 6.07) is 0. The lowest BCUT2D eigenvalue weighted by molar-refractivity contribution is -0.139. The number of rotatable bonds is 0. The number of ketones is 1. The summed E-state index contributed by atoms with van der Waals surface area (Å²) in [5.74, 6) is 0.247. The number of fused-ring (bicyclic) bond motifs is 1. The number of carbonyl (C=O) groups excluding carboxylic acids is 1. The topological polar surface area (TPSA) is 37.3 Å². The van der Waals surface area contributed by atoms with Gasteiger partial charge in [-0.3, -0.25) is 4.79 Å². The molecule has 1 N–H and O–H groups in total. The lowest BCUT2D eigenvalue weighted by Crippen LogP contribution is -2.47. The Kier molecular flexibility index (Phi) is 1.59. The van der Waals surface area contributed by atoms with Gasteiger partial charge >= 0.3 is 0 Å². The van der Waals surface area contributed by atoms with E-state index in [-0.39, 0.29) is 11.2 Å². The van der Waals surface area contributed by atoms with Crippen molar-refractivity contribution in [3.63, 3.8) is 0 Å². The third-order valence-corrected chi connectivity index (χ3v) is 3.89. The molecule has 0 aromatic heterocycles. The van der Waals surface area contributed by atoms with Gasteiger partial charge in [-0.15, -0.1) is 0 Å². The SMILES string of the molecule is C[C@]12CCC[C@@]1(O)CC(=O)CC2. The van der Waals surface area contributed by atoms with Crippen LogP contribution in [0.5, 0.6) is 0 Å². The van der Waals surface area contributed by atoms with E-state index < -0.39 is 5.60 Å². The Morgan fingerprint density at radius 3 is 2.83 bits per heavy atom. The van der Waals surface area contributed by atoms with Gasteiger partial charge < -0.3 is 5.11 Å². The normalized spacial score (nSPS) is 47.7. The zero-order chi connectivity index (χ0) is 8.82. The van der Waals surface area contributed by atoms with Crippen LogP contribution in [0.4, 0.5) is 0 Å². The van der Waals surface area contributed by atoms with E-state index in [0.29, 0.717) is 12.8 Å². The van der Waals surface area contributed by atoms with Crippen molar-refractivity contribution in [2.75, 3.05) is 0 Å². The van der Waals surface area contributed by atoms with Crippen LogP contribution in [0.3, 0.4) is 0 Å². The molecule has 2 fully saturated rings. The fourth-order valence-corrected chi connectivity index (χ4v) is 2.79. The average molecular weight is 168 g/mol. The standard InChI is InChI=1S/C10H16O2/c1-9-4-2-5-10(9,12)7-8(11)3-6-9/h12H,2-7H2,1H3/t9-,10-/m1/s1. The van der Waals surface area contributed by atoms with E-state index >= 15 is 0 Å². The molecule has 2 heteroatoms. The highest BCUT2D eigenvalue weighted by molar-refractivity contribution is 5.80. The van der Waals surface area contributed by atoms with Crippen LogP contribution in [0, 0.1) is 5.41 Å². The molecule has 2 aliphatic carbocycles. The first-order valence-corrected chi connectivity index (χ1v) is 4.80. The molecule has 2 saturated carbocycles. The van der Waals surface area contributed by atoms with E-state index in [1.807, 2.05) is 0 Å². The molecule has 2 atom stereocenters. The lowest BCUT2D eigenvalue weighted by atomic mass is 9.66. The summed E-state index contributed by atoms with van der Waals surface area (Å²) in [5.41, 5.74) is -0.608. The zero-order valence-corrected chi connectivity index (χ0v) is 7.60. The molecule has 2 rings (SSSR count). The molecule has 68 valence electrons. The van der Waals surface area contributed by atoms with Gasteiger partial charge in [0.15, 0.2) is 0 Å². The second kappa shape index (κ2) is 2.32. The zero-order valence-electron chi connectivity index (χ0n) is 7.60. The summed E-state index contributed by atoms with van der Waals surface area (Å²) in [5, 5.41) is 10.2. The Hall–Kier alpha value is -0.370. The van der Waals surface area contributed by atoms with Crippen molar-refractivity contribution in [2.45, 2.75) is 51.0 Å². The van der Waals surface area contributed by atoms with Gasteiger partial charge in [0.1, 0.15) is 5.78 Å². The van der Waals surface area contributed by atoms with Crippen molar-refractivity contribution >= 4 is 5.78 Å². The monoisotopic (exact) mass is 168 g/mol. The van der Waals surface area contributed by atoms with Gasteiger partial charge in [-0.1, -0.05) is 6.92 Å². The second-order valence-electron chi connectivity index (χ2n) is 4.66. The van der Waals surface area contributed by atoms with Crippen molar-refractivity contribution in [3.05, 3.63) is 0 Å². The van der Waals surface area contributed by atoms with Gasteiger partial charge in [-0.05, 0) is 31.1 Å². The van der Waals surface area contributed by atoms with Crippen LogP contribution in [0.1, 0.15) is 45.4 Å². The predicted molar refractivity (Wildman–Crippen MR) is 45.8 cm³/mol. The minimum absolute atomic E-state index is 0.0426. The minimum Gasteiger partial charge on any atom is -0.389 e. The molecule has 0 aromatic carbocycles. The van der Waals surface area contributed by atoms with Crippen molar-refractivity contribution in [3.8, 4) is 0 Å². The van der Waals surface area contributed by atoms with E-state index in [2.05, 4.69) is 6.92 Å². The number of carbonyl (C=O) groups is 1. The summed E-state index contributed by atoms with van der Waals surface area (Å²) in [4.78, 5) is 11.2. The van der Waals surface area contributed by atoms with Crippen LogP contribution in [-0.4, -0.2) is 16.5 Å². The maximum atomic E-state index is 11.2. The van der Waals surface area contributed by atoms with E-state index in [9.17, 15) is 9.90 Å². The maximum absolute atomic E-state index is 11.2. The van der Waals surface area contributed by atoms with E-state index in [1.54, 1.807) is 0 Å². The quantitative estimate of drug-likeness (QED) is 0.597. The van der Waals surface area contributed by atoms with Crippen LogP contribution < -0.4 is 0 Å². The third-order valence-electron chi connectivity index (χ3n) is 3.89. The first-order chi connectivity index (χ1) is 5.56. The van der Waals surface area contributed by atoms with Gasteiger partial charge in [0.25, 0.3) is 0 Å². The summed E-state index contributed by atoms with van der Waals surface area (Å²) >= 11 is 0. The number of hydrogen-bond acceptors (Lipinski definition) is 2. The van der Waals surface area contributed by atoms with Crippen molar-refractivity contribution in [1.82, 2.24) is 0 Å². The Morgan fingerprint density at radius 2 is 2.08 bits per heavy atom. The predicted octanol–water partition coefficient (Wildman–Crippen LogP) is 1.66. The molecular formula is C10H16O2. The fourth-order valence-electron chi connectivity index (χ4n) is 2.79. The molecule has 0 heterocycles. The largest absolute Gasteiger partial charge is 0.389 e. The molecular weight excluding hydrogens is 152 g/mol. The van der Waals surface area contributed by atoms with Crippen LogP contribution in [0.25, 0.3) is 0 Å². The maximum Gasteiger partial charge on any atom is 0.135 e. The smallest absolute Gasteiger partial charge is 0.135 e. The molecule has 0 bridgehead atoms. The van der Waals surface area contributed by atoms with Gasteiger partial charge in [0, 0.05) is 12.8 Å². The van der Waals surface area contributed by atoms with Crippen LogP contribution >= 0.6 is 0 Å². The molecule has 2 aliphatic rings. The molecule has 0 spiro atoms. The minimum atomic E-state index is -0.650. The Labute approximate surface area is 73.0 Å². The highest BCUT2D eigenvalue weighted by Crippen LogP contribution is 2.53. The van der Waals surface area contributed by atoms with E-state index in [4.69, 9.17) is 0 Å². The van der Waals surface area contributed by atoms with Crippen LogP contribution in [0.15, 0.2) is 0 Å². The third kappa shape index (κ3) is 0.939. The van der Waals surface area contributed by atoms with Crippen molar-refractivity contribution in [1.29, 1.82) is 0 Å². The molecule has 0 saturated heterocycles.